The fourth-order valence-corrected chi connectivity index (χ4v) is 3.96. The summed E-state index contributed by atoms with van der Waals surface area (Å²) in [5.41, 5.74) is 1.49. The number of fused-ring (bicyclic) bond motifs is 1. The van der Waals surface area contributed by atoms with Crippen molar-refractivity contribution >= 4 is 11.3 Å². The first-order valence-corrected chi connectivity index (χ1v) is 7.82. The van der Waals surface area contributed by atoms with Crippen molar-refractivity contribution in [3.8, 4) is 0 Å². The Balaban J connectivity index is 2.04. The molecule has 0 aromatic carbocycles. The molecule has 0 spiro atoms. The number of aliphatic hydroxyl groups excluding tert-OH is 1. The molecule has 1 N–H and O–H groups in total. The van der Waals surface area contributed by atoms with E-state index in [0.29, 0.717) is 0 Å². The molecule has 0 aliphatic heterocycles. The summed E-state index contributed by atoms with van der Waals surface area (Å²) in [6.07, 6.45) is 6.96. The molecule has 18 heavy (non-hydrogen) atoms. The zero-order valence-corrected chi connectivity index (χ0v) is 12.3. The third-order valence-electron chi connectivity index (χ3n) is 3.87. The van der Waals surface area contributed by atoms with E-state index in [1.807, 2.05) is 11.3 Å². The van der Waals surface area contributed by atoms with Gasteiger partial charge in [0.05, 0.1) is 6.10 Å². The first-order chi connectivity index (χ1) is 8.72. The number of hydrogen-bond donors (Lipinski definition) is 1. The predicted octanol–water partition coefficient (Wildman–Crippen LogP) is 3.72. The van der Waals surface area contributed by atoms with Crippen molar-refractivity contribution in [1.29, 1.82) is 0 Å². The normalized spacial score (nSPS) is 19.1. The Hall–Kier alpha value is -0.380. The average molecular weight is 268 g/mol. The largest absolute Gasteiger partial charge is 0.387 e. The van der Waals surface area contributed by atoms with Crippen LogP contribution in [0, 0.1) is 5.92 Å². The molecule has 0 radical (unpaired) electrons. The molecule has 2 atom stereocenters. The Morgan fingerprint density at radius 1 is 1.33 bits per heavy atom. The van der Waals surface area contributed by atoms with Crippen molar-refractivity contribution in [1.82, 2.24) is 0 Å². The minimum absolute atomic E-state index is 0.271. The highest BCUT2D eigenvalue weighted by molar-refractivity contribution is 7.12. The molecular weight excluding hydrogens is 244 g/mol. The molecule has 1 aromatic heterocycles. The van der Waals surface area contributed by atoms with Crippen molar-refractivity contribution in [2.45, 2.75) is 51.6 Å². The van der Waals surface area contributed by atoms with Gasteiger partial charge in [-0.05, 0) is 49.7 Å². The maximum Gasteiger partial charge on any atom is 0.0908 e. The lowest BCUT2D eigenvalue weighted by Crippen LogP contribution is -2.10. The lowest BCUT2D eigenvalue weighted by molar-refractivity contribution is 0.0911. The summed E-state index contributed by atoms with van der Waals surface area (Å²) >= 11 is 1.83. The molecule has 1 heterocycles. The van der Waals surface area contributed by atoms with E-state index in [4.69, 9.17) is 4.74 Å². The average Bonchev–Trinajstić information content (AvgIpc) is 2.66. The highest BCUT2D eigenvalue weighted by Gasteiger charge is 2.21. The topological polar surface area (TPSA) is 29.5 Å². The maximum atomic E-state index is 10.4. The van der Waals surface area contributed by atoms with Crippen molar-refractivity contribution in [2.24, 2.45) is 5.92 Å². The van der Waals surface area contributed by atoms with Crippen molar-refractivity contribution in [2.75, 3.05) is 13.7 Å². The molecule has 2 rings (SSSR count). The molecule has 2 nitrogen and oxygen atoms in total. The minimum Gasteiger partial charge on any atom is -0.387 e. The van der Waals surface area contributed by atoms with Gasteiger partial charge in [-0.2, -0.15) is 0 Å². The van der Waals surface area contributed by atoms with Crippen molar-refractivity contribution < 1.29 is 9.84 Å². The van der Waals surface area contributed by atoms with Crippen LogP contribution < -0.4 is 0 Å². The standard InChI is InChI=1S/C15H24O2S/c1-11(8-9-17-2)15(16)14-10-12-6-4-3-5-7-13(12)18-14/h10-11,15-16H,3-9H2,1-2H3. The molecule has 1 aromatic rings. The van der Waals surface area contributed by atoms with E-state index in [1.54, 1.807) is 7.11 Å². The van der Waals surface area contributed by atoms with Crippen LogP contribution >= 0.6 is 11.3 Å². The lowest BCUT2D eigenvalue weighted by Gasteiger charge is -2.17. The van der Waals surface area contributed by atoms with Crippen LogP contribution in [0.2, 0.25) is 0 Å². The van der Waals surface area contributed by atoms with E-state index < -0.39 is 0 Å². The summed E-state index contributed by atoms with van der Waals surface area (Å²) in [5.74, 6) is 0.271. The maximum absolute atomic E-state index is 10.4. The summed E-state index contributed by atoms with van der Waals surface area (Å²) in [7, 11) is 1.71. The van der Waals surface area contributed by atoms with Crippen LogP contribution in [-0.4, -0.2) is 18.8 Å². The molecule has 102 valence electrons. The van der Waals surface area contributed by atoms with Gasteiger partial charge >= 0.3 is 0 Å². The zero-order chi connectivity index (χ0) is 13.0. The van der Waals surface area contributed by atoms with Crippen LogP contribution in [0.1, 0.15) is 54.0 Å². The molecule has 0 amide bonds. The van der Waals surface area contributed by atoms with E-state index in [0.717, 1.165) is 17.9 Å². The second-order valence-corrected chi connectivity index (χ2v) is 6.53. The van der Waals surface area contributed by atoms with Crippen LogP contribution in [0.25, 0.3) is 0 Å². The molecule has 0 bridgehead atoms. The molecule has 0 saturated carbocycles. The highest BCUT2D eigenvalue weighted by Crippen LogP contribution is 2.35. The fraction of sp³-hybridized carbons (Fsp3) is 0.733. The van der Waals surface area contributed by atoms with Gasteiger partial charge in [-0.1, -0.05) is 13.3 Å². The number of rotatable bonds is 5. The van der Waals surface area contributed by atoms with Gasteiger partial charge in [-0.15, -0.1) is 11.3 Å². The van der Waals surface area contributed by atoms with Gasteiger partial charge in [0, 0.05) is 23.5 Å². The van der Waals surface area contributed by atoms with Gasteiger partial charge in [0.1, 0.15) is 0 Å². The number of aliphatic hydroxyl groups is 1. The first-order valence-electron chi connectivity index (χ1n) is 7.01. The number of ether oxygens (including phenoxy) is 1. The SMILES string of the molecule is COCCC(C)C(O)c1cc2c(s1)CCCCC2. The smallest absolute Gasteiger partial charge is 0.0908 e. The zero-order valence-electron chi connectivity index (χ0n) is 11.4. The molecule has 1 aliphatic carbocycles. The van der Waals surface area contributed by atoms with Crippen LogP contribution in [0.5, 0.6) is 0 Å². The second kappa shape index (κ2) is 6.69. The molecule has 2 unspecified atom stereocenters. The molecule has 3 heteroatoms. The Morgan fingerprint density at radius 2 is 2.11 bits per heavy atom. The molecule has 0 fully saturated rings. The van der Waals surface area contributed by atoms with Crippen LogP contribution in [-0.2, 0) is 17.6 Å². The van der Waals surface area contributed by atoms with E-state index in [1.165, 1.54) is 42.5 Å². The van der Waals surface area contributed by atoms with Crippen molar-refractivity contribution in [3.63, 3.8) is 0 Å². The van der Waals surface area contributed by atoms with E-state index >= 15 is 0 Å². The fourth-order valence-electron chi connectivity index (χ4n) is 2.58. The monoisotopic (exact) mass is 268 g/mol. The summed E-state index contributed by atoms with van der Waals surface area (Å²) in [6, 6.07) is 2.25. The van der Waals surface area contributed by atoms with E-state index in [9.17, 15) is 5.11 Å². The number of methoxy groups -OCH3 is 1. The Bertz CT molecular complexity index is 349. The Morgan fingerprint density at radius 3 is 2.89 bits per heavy atom. The highest BCUT2D eigenvalue weighted by atomic mass is 32.1. The van der Waals surface area contributed by atoms with Crippen LogP contribution in [0.15, 0.2) is 6.07 Å². The van der Waals surface area contributed by atoms with Crippen molar-refractivity contribution in [3.05, 3.63) is 21.4 Å². The molecule has 0 saturated heterocycles. The van der Waals surface area contributed by atoms with Crippen LogP contribution in [0.3, 0.4) is 0 Å². The summed E-state index contributed by atoms with van der Waals surface area (Å²) in [6.45, 7) is 2.83. The van der Waals surface area contributed by atoms with Crippen LogP contribution in [0.4, 0.5) is 0 Å². The second-order valence-electron chi connectivity index (χ2n) is 5.36. The number of aryl methyl sites for hydroxylation is 2. The third-order valence-corrected chi connectivity index (χ3v) is 5.18. The Kier molecular flexibility index (Phi) is 5.22. The molecular formula is C15H24O2S. The number of hydrogen-bond acceptors (Lipinski definition) is 3. The summed E-state index contributed by atoms with van der Waals surface area (Å²) < 4.78 is 5.09. The summed E-state index contributed by atoms with van der Waals surface area (Å²) in [5, 5.41) is 10.4. The van der Waals surface area contributed by atoms with Gasteiger partial charge in [-0.3, -0.25) is 0 Å². The molecule has 1 aliphatic rings. The summed E-state index contributed by atoms with van der Waals surface area (Å²) in [4.78, 5) is 2.67. The van der Waals surface area contributed by atoms with Gasteiger partial charge in [-0.25, -0.2) is 0 Å². The quantitative estimate of drug-likeness (QED) is 0.825. The number of thiophene rings is 1. The predicted molar refractivity (Wildman–Crippen MR) is 76.2 cm³/mol. The van der Waals surface area contributed by atoms with E-state index in [-0.39, 0.29) is 12.0 Å². The first kappa shape index (κ1) is 14.0. The third kappa shape index (κ3) is 3.34. The van der Waals surface area contributed by atoms with E-state index in [2.05, 4.69) is 13.0 Å². The van der Waals surface area contributed by atoms with Gasteiger partial charge in [0.2, 0.25) is 0 Å². The van der Waals surface area contributed by atoms with Gasteiger partial charge < -0.3 is 9.84 Å². The lowest BCUT2D eigenvalue weighted by atomic mass is 9.99. The van der Waals surface area contributed by atoms with Gasteiger partial charge in [0.25, 0.3) is 0 Å². The minimum atomic E-state index is -0.322. The van der Waals surface area contributed by atoms with Gasteiger partial charge in [0.15, 0.2) is 0 Å². The Labute approximate surface area is 114 Å².